The number of carbonyl (C=O) groups is 1. The average Bonchev–Trinajstić information content (AvgIpc) is 2.20. The van der Waals surface area contributed by atoms with E-state index >= 15 is 0 Å². The highest BCUT2D eigenvalue weighted by atomic mass is 35.5. The van der Waals surface area contributed by atoms with Crippen molar-refractivity contribution >= 4 is 17.4 Å². The fourth-order valence-corrected chi connectivity index (χ4v) is 1.26. The lowest BCUT2D eigenvalue weighted by molar-refractivity contribution is 0.0219. The maximum absolute atomic E-state index is 11.3. The summed E-state index contributed by atoms with van der Waals surface area (Å²) in [4.78, 5) is 11.3. The number of benzene rings is 1. The van der Waals surface area contributed by atoms with Gasteiger partial charge in [0.25, 0.3) is 0 Å². The lowest BCUT2D eigenvalue weighted by Crippen LogP contribution is -2.05. The second-order valence-corrected chi connectivity index (χ2v) is 3.39. The van der Waals surface area contributed by atoms with Gasteiger partial charge in [-0.05, 0) is 32.0 Å². The van der Waals surface area contributed by atoms with Gasteiger partial charge in [-0.25, -0.2) is 0 Å². The molecule has 0 heterocycles. The Labute approximate surface area is 93.9 Å². The van der Waals surface area contributed by atoms with Crippen molar-refractivity contribution in [2.45, 2.75) is 13.8 Å². The largest absolute Gasteiger partial charge is 0.467 e. The molecule has 4 heteroatoms. The molecule has 0 aliphatic heterocycles. The SMILES string of the molecule is CCOCOc1ccc(Cl)cc1C(C)=O. The zero-order valence-electron chi connectivity index (χ0n) is 8.75. The van der Waals surface area contributed by atoms with Gasteiger partial charge in [-0.15, -0.1) is 0 Å². The van der Waals surface area contributed by atoms with E-state index in [4.69, 9.17) is 21.1 Å². The Morgan fingerprint density at radius 1 is 1.47 bits per heavy atom. The number of ketones is 1. The van der Waals surface area contributed by atoms with Crippen LogP contribution < -0.4 is 4.74 Å². The molecule has 1 aromatic rings. The minimum absolute atomic E-state index is 0.0796. The quantitative estimate of drug-likeness (QED) is 0.442. The first-order valence-corrected chi connectivity index (χ1v) is 5.04. The van der Waals surface area contributed by atoms with Gasteiger partial charge in [-0.2, -0.15) is 0 Å². The number of halogens is 1. The molecule has 0 saturated heterocycles. The molecule has 0 fully saturated rings. The van der Waals surface area contributed by atoms with Gasteiger partial charge in [0.15, 0.2) is 12.6 Å². The summed E-state index contributed by atoms with van der Waals surface area (Å²) in [5, 5.41) is 0.518. The molecule has 15 heavy (non-hydrogen) atoms. The van der Waals surface area contributed by atoms with Crippen molar-refractivity contribution in [2.75, 3.05) is 13.4 Å². The van der Waals surface area contributed by atoms with Gasteiger partial charge < -0.3 is 9.47 Å². The first-order valence-electron chi connectivity index (χ1n) is 4.66. The van der Waals surface area contributed by atoms with Crippen LogP contribution in [0.25, 0.3) is 0 Å². The van der Waals surface area contributed by atoms with Gasteiger partial charge in [0.05, 0.1) is 5.56 Å². The Balaban J connectivity index is 2.81. The molecule has 0 bridgehead atoms. The number of carbonyl (C=O) groups excluding carboxylic acids is 1. The fraction of sp³-hybridized carbons (Fsp3) is 0.364. The number of Topliss-reactive ketones (excluding diaryl/α,β-unsaturated/α-hetero) is 1. The first-order chi connectivity index (χ1) is 7.15. The number of hydrogen-bond donors (Lipinski definition) is 0. The number of rotatable bonds is 5. The van der Waals surface area contributed by atoms with Crippen LogP contribution in [0.5, 0.6) is 5.75 Å². The molecule has 0 N–H and O–H groups in total. The smallest absolute Gasteiger partial charge is 0.189 e. The first kappa shape index (κ1) is 12.0. The van der Waals surface area contributed by atoms with E-state index in [0.717, 1.165) is 0 Å². The van der Waals surface area contributed by atoms with E-state index in [-0.39, 0.29) is 12.6 Å². The molecule has 0 saturated carbocycles. The minimum atomic E-state index is -0.0796. The molecule has 0 aliphatic rings. The Hall–Kier alpha value is -1.06. The summed E-state index contributed by atoms with van der Waals surface area (Å²) in [6, 6.07) is 4.93. The van der Waals surface area contributed by atoms with Crippen LogP contribution in [-0.4, -0.2) is 19.2 Å². The van der Waals surface area contributed by atoms with Gasteiger partial charge in [-0.3, -0.25) is 4.79 Å². The molecule has 0 spiro atoms. The standard InChI is InChI=1S/C11H13ClO3/c1-3-14-7-15-11-5-4-9(12)6-10(11)8(2)13/h4-6H,3,7H2,1-2H3. The predicted octanol–water partition coefficient (Wildman–Crippen LogP) is 2.92. The summed E-state index contributed by atoms with van der Waals surface area (Å²) >= 11 is 5.78. The van der Waals surface area contributed by atoms with Gasteiger partial charge in [0, 0.05) is 11.6 Å². The molecule has 0 atom stereocenters. The molecule has 0 unspecified atom stereocenters. The van der Waals surface area contributed by atoms with Gasteiger partial charge >= 0.3 is 0 Å². The van der Waals surface area contributed by atoms with E-state index in [2.05, 4.69) is 0 Å². The zero-order chi connectivity index (χ0) is 11.3. The minimum Gasteiger partial charge on any atom is -0.467 e. The topological polar surface area (TPSA) is 35.5 Å². The number of ether oxygens (including phenoxy) is 2. The highest BCUT2D eigenvalue weighted by Gasteiger charge is 2.08. The van der Waals surface area contributed by atoms with Crippen LogP contribution in [0, 0.1) is 0 Å². The Morgan fingerprint density at radius 3 is 2.80 bits per heavy atom. The molecule has 0 radical (unpaired) electrons. The molecule has 1 rings (SSSR count). The van der Waals surface area contributed by atoms with Crippen molar-refractivity contribution in [3.63, 3.8) is 0 Å². The summed E-state index contributed by atoms with van der Waals surface area (Å²) in [7, 11) is 0. The highest BCUT2D eigenvalue weighted by molar-refractivity contribution is 6.31. The molecule has 0 aromatic heterocycles. The van der Waals surface area contributed by atoms with Crippen molar-refractivity contribution in [1.82, 2.24) is 0 Å². The van der Waals surface area contributed by atoms with Gasteiger partial charge in [-0.1, -0.05) is 11.6 Å². The van der Waals surface area contributed by atoms with Crippen LogP contribution in [0.2, 0.25) is 5.02 Å². The molecule has 1 aromatic carbocycles. The average molecular weight is 229 g/mol. The zero-order valence-corrected chi connectivity index (χ0v) is 9.50. The second-order valence-electron chi connectivity index (χ2n) is 2.95. The lowest BCUT2D eigenvalue weighted by atomic mass is 10.1. The van der Waals surface area contributed by atoms with Crippen molar-refractivity contribution in [3.8, 4) is 5.75 Å². The molecule has 0 aliphatic carbocycles. The van der Waals surface area contributed by atoms with Crippen LogP contribution in [0.15, 0.2) is 18.2 Å². The van der Waals surface area contributed by atoms with Crippen molar-refractivity contribution in [3.05, 3.63) is 28.8 Å². The number of hydrogen-bond acceptors (Lipinski definition) is 3. The summed E-state index contributed by atoms with van der Waals surface area (Å²) in [6.07, 6.45) is 0. The monoisotopic (exact) mass is 228 g/mol. The summed E-state index contributed by atoms with van der Waals surface area (Å²) < 4.78 is 10.3. The third kappa shape index (κ3) is 3.53. The lowest BCUT2D eigenvalue weighted by Gasteiger charge is -2.09. The van der Waals surface area contributed by atoms with Gasteiger partial charge in [0.1, 0.15) is 5.75 Å². The van der Waals surface area contributed by atoms with Crippen LogP contribution in [0.1, 0.15) is 24.2 Å². The van der Waals surface area contributed by atoms with E-state index < -0.39 is 0 Å². The maximum atomic E-state index is 11.3. The van der Waals surface area contributed by atoms with Crippen molar-refractivity contribution in [2.24, 2.45) is 0 Å². The van der Waals surface area contributed by atoms with Crippen LogP contribution in [0.4, 0.5) is 0 Å². The van der Waals surface area contributed by atoms with Crippen LogP contribution in [0.3, 0.4) is 0 Å². The van der Waals surface area contributed by atoms with Crippen molar-refractivity contribution in [1.29, 1.82) is 0 Å². The normalized spacial score (nSPS) is 10.1. The molecule has 82 valence electrons. The Morgan fingerprint density at radius 2 is 2.20 bits per heavy atom. The van der Waals surface area contributed by atoms with E-state index in [0.29, 0.717) is 22.9 Å². The summed E-state index contributed by atoms with van der Waals surface area (Å²) in [6.45, 7) is 4.05. The van der Waals surface area contributed by atoms with Crippen molar-refractivity contribution < 1.29 is 14.3 Å². The third-order valence-electron chi connectivity index (χ3n) is 1.82. The van der Waals surface area contributed by atoms with E-state index in [9.17, 15) is 4.79 Å². The van der Waals surface area contributed by atoms with E-state index in [1.807, 2.05) is 6.92 Å². The van der Waals surface area contributed by atoms with Crippen LogP contribution in [-0.2, 0) is 4.74 Å². The fourth-order valence-electron chi connectivity index (χ4n) is 1.09. The molecule has 3 nitrogen and oxygen atoms in total. The van der Waals surface area contributed by atoms with Gasteiger partial charge in [0.2, 0.25) is 0 Å². The van der Waals surface area contributed by atoms with E-state index in [1.165, 1.54) is 6.92 Å². The summed E-state index contributed by atoms with van der Waals surface area (Å²) in [5.74, 6) is 0.421. The highest BCUT2D eigenvalue weighted by Crippen LogP contribution is 2.23. The van der Waals surface area contributed by atoms with E-state index in [1.54, 1.807) is 18.2 Å². The van der Waals surface area contributed by atoms with Crippen LogP contribution >= 0.6 is 11.6 Å². The summed E-state index contributed by atoms with van der Waals surface area (Å²) in [5.41, 5.74) is 0.474. The molecular formula is C11H13ClO3. The maximum Gasteiger partial charge on any atom is 0.189 e. The molecular weight excluding hydrogens is 216 g/mol. The third-order valence-corrected chi connectivity index (χ3v) is 2.06. The molecule has 0 amide bonds. The Kier molecular flexibility index (Phi) is 4.59. The second kappa shape index (κ2) is 5.73. The predicted molar refractivity (Wildman–Crippen MR) is 58.6 cm³/mol. The Bertz CT molecular complexity index is 350.